The zero-order valence-electron chi connectivity index (χ0n) is 21.5. The Bertz CT molecular complexity index is 1570. The summed E-state index contributed by atoms with van der Waals surface area (Å²) < 4.78 is 14.4. The number of carbonyl (C=O) groups is 1. The van der Waals surface area contributed by atoms with E-state index in [1.165, 1.54) is 11.3 Å². The number of carbonyl (C=O) groups excluding carboxylic acids is 1. The van der Waals surface area contributed by atoms with E-state index in [0.29, 0.717) is 29.3 Å². The van der Waals surface area contributed by atoms with Crippen LogP contribution in [0, 0.1) is 0 Å². The lowest BCUT2D eigenvalue weighted by molar-refractivity contribution is 0.00256. The third kappa shape index (κ3) is 5.31. The molecule has 0 radical (unpaired) electrons. The molecular formula is C28H27N7O3S. The lowest BCUT2D eigenvalue weighted by atomic mass is 9.89. The Kier molecular flexibility index (Phi) is 6.91. The Morgan fingerprint density at radius 1 is 1.13 bits per heavy atom. The lowest BCUT2D eigenvalue weighted by Crippen LogP contribution is -2.32. The van der Waals surface area contributed by atoms with Crippen LogP contribution in [0.2, 0.25) is 0 Å². The number of thiazole rings is 1. The normalized spacial score (nSPS) is 16.6. The Labute approximate surface area is 229 Å². The Hall–Kier alpha value is -4.35. The second-order valence-electron chi connectivity index (χ2n) is 9.34. The number of benzene rings is 1. The maximum atomic E-state index is 13.2. The zero-order valence-corrected chi connectivity index (χ0v) is 22.3. The number of aromatic nitrogens is 6. The SMILES string of the molecule is COc1ccc(Cn2cc(-c3nc(C(=O)Nc4cn(C5CC(OC)C5)nc4-c4ccccn4)cs3)cn2)cc1. The Morgan fingerprint density at radius 3 is 2.72 bits per heavy atom. The van der Waals surface area contributed by atoms with Crippen molar-refractivity contribution in [3.8, 4) is 27.7 Å². The summed E-state index contributed by atoms with van der Waals surface area (Å²) in [7, 11) is 3.37. The largest absolute Gasteiger partial charge is 0.497 e. The van der Waals surface area contributed by atoms with Crippen LogP contribution in [0.5, 0.6) is 5.75 Å². The number of rotatable bonds is 9. The van der Waals surface area contributed by atoms with Gasteiger partial charge >= 0.3 is 0 Å². The molecule has 4 heterocycles. The van der Waals surface area contributed by atoms with Crippen molar-refractivity contribution in [3.63, 3.8) is 0 Å². The molecule has 1 amide bonds. The van der Waals surface area contributed by atoms with Gasteiger partial charge in [0, 0.05) is 36.6 Å². The van der Waals surface area contributed by atoms with Crippen LogP contribution in [0.25, 0.3) is 22.0 Å². The van der Waals surface area contributed by atoms with Crippen molar-refractivity contribution in [2.75, 3.05) is 19.5 Å². The predicted octanol–water partition coefficient (Wildman–Crippen LogP) is 4.92. The van der Waals surface area contributed by atoms with Crippen LogP contribution in [0.15, 0.2) is 72.6 Å². The Morgan fingerprint density at radius 2 is 1.97 bits per heavy atom. The molecular weight excluding hydrogens is 514 g/mol. The minimum Gasteiger partial charge on any atom is -0.497 e. The molecule has 1 aliphatic rings. The first-order valence-corrected chi connectivity index (χ1v) is 13.4. The van der Waals surface area contributed by atoms with Crippen LogP contribution in [0.4, 0.5) is 5.69 Å². The van der Waals surface area contributed by atoms with Gasteiger partial charge in [0.05, 0.1) is 43.4 Å². The molecule has 1 N–H and O–H groups in total. The summed E-state index contributed by atoms with van der Waals surface area (Å²) in [5.74, 6) is 0.513. The highest BCUT2D eigenvalue weighted by Gasteiger charge is 2.32. The summed E-state index contributed by atoms with van der Waals surface area (Å²) in [4.78, 5) is 22.3. The minimum absolute atomic E-state index is 0.225. The number of ether oxygens (including phenoxy) is 2. The molecule has 1 aliphatic carbocycles. The monoisotopic (exact) mass is 541 g/mol. The van der Waals surface area contributed by atoms with E-state index in [1.807, 2.05) is 64.2 Å². The van der Waals surface area contributed by atoms with Crippen molar-refractivity contribution in [2.24, 2.45) is 0 Å². The molecule has 6 rings (SSSR count). The van der Waals surface area contributed by atoms with Crippen LogP contribution < -0.4 is 10.1 Å². The molecule has 0 spiro atoms. The van der Waals surface area contributed by atoms with Crippen LogP contribution in [-0.4, -0.2) is 55.8 Å². The first kappa shape index (κ1) is 25.0. The molecule has 1 saturated carbocycles. The molecule has 11 heteroatoms. The molecule has 4 aromatic heterocycles. The van der Waals surface area contributed by atoms with Crippen LogP contribution in [0.1, 0.15) is 34.9 Å². The third-order valence-electron chi connectivity index (χ3n) is 6.79. The van der Waals surface area contributed by atoms with Gasteiger partial charge in [-0.1, -0.05) is 18.2 Å². The molecule has 1 fully saturated rings. The molecule has 1 aromatic carbocycles. The van der Waals surface area contributed by atoms with E-state index in [-0.39, 0.29) is 18.1 Å². The second kappa shape index (κ2) is 10.8. The van der Waals surface area contributed by atoms with Crippen LogP contribution in [-0.2, 0) is 11.3 Å². The van der Waals surface area contributed by atoms with E-state index in [0.717, 1.165) is 34.7 Å². The summed E-state index contributed by atoms with van der Waals surface area (Å²) in [5.41, 5.74) is 4.21. The summed E-state index contributed by atoms with van der Waals surface area (Å²) >= 11 is 1.40. The molecule has 0 saturated heterocycles. The fourth-order valence-electron chi connectivity index (χ4n) is 4.48. The average molecular weight is 542 g/mol. The van der Waals surface area contributed by atoms with Gasteiger partial charge in [0.1, 0.15) is 22.1 Å². The van der Waals surface area contributed by atoms with Gasteiger partial charge in [-0.25, -0.2) is 4.98 Å². The number of hydrogen-bond acceptors (Lipinski definition) is 8. The maximum absolute atomic E-state index is 13.2. The smallest absolute Gasteiger partial charge is 0.275 e. The fourth-order valence-corrected chi connectivity index (χ4v) is 5.26. The molecule has 39 heavy (non-hydrogen) atoms. The number of amides is 1. The van der Waals surface area contributed by atoms with Crippen LogP contribution >= 0.6 is 11.3 Å². The van der Waals surface area contributed by atoms with Crippen molar-refractivity contribution in [3.05, 3.63) is 83.9 Å². The highest BCUT2D eigenvalue weighted by molar-refractivity contribution is 7.13. The predicted molar refractivity (Wildman–Crippen MR) is 148 cm³/mol. The lowest BCUT2D eigenvalue weighted by Gasteiger charge is -2.34. The third-order valence-corrected chi connectivity index (χ3v) is 7.68. The van der Waals surface area contributed by atoms with Gasteiger partial charge in [0.15, 0.2) is 0 Å². The molecule has 0 atom stereocenters. The van der Waals surface area contributed by atoms with Crippen molar-refractivity contribution >= 4 is 22.9 Å². The van der Waals surface area contributed by atoms with E-state index in [4.69, 9.17) is 14.6 Å². The van der Waals surface area contributed by atoms with Crippen molar-refractivity contribution in [2.45, 2.75) is 31.5 Å². The number of methoxy groups -OCH3 is 2. The van der Waals surface area contributed by atoms with Gasteiger partial charge in [0.25, 0.3) is 5.91 Å². The number of pyridine rings is 1. The summed E-state index contributed by atoms with van der Waals surface area (Å²) in [6, 6.07) is 13.7. The van der Waals surface area contributed by atoms with Crippen molar-refractivity contribution in [1.29, 1.82) is 0 Å². The fraction of sp³-hybridized carbons (Fsp3) is 0.250. The topological polar surface area (TPSA) is 109 Å². The van der Waals surface area contributed by atoms with Crippen LogP contribution in [0.3, 0.4) is 0 Å². The van der Waals surface area contributed by atoms with Gasteiger partial charge in [-0.2, -0.15) is 10.2 Å². The summed E-state index contributed by atoms with van der Waals surface area (Å²) in [5, 5.41) is 14.7. The van der Waals surface area contributed by atoms with E-state index in [9.17, 15) is 4.79 Å². The molecule has 0 aliphatic heterocycles. The van der Waals surface area contributed by atoms with Gasteiger partial charge in [-0.15, -0.1) is 11.3 Å². The highest BCUT2D eigenvalue weighted by Crippen LogP contribution is 2.36. The number of nitrogens with one attached hydrogen (secondary N) is 1. The minimum atomic E-state index is -0.303. The van der Waals surface area contributed by atoms with Gasteiger partial charge in [-0.05, 0) is 42.7 Å². The summed E-state index contributed by atoms with van der Waals surface area (Å²) in [6.45, 7) is 0.620. The first-order valence-electron chi connectivity index (χ1n) is 12.6. The maximum Gasteiger partial charge on any atom is 0.275 e. The quantitative estimate of drug-likeness (QED) is 0.282. The highest BCUT2D eigenvalue weighted by atomic mass is 32.1. The second-order valence-corrected chi connectivity index (χ2v) is 10.2. The van der Waals surface area contributed by atoms with Gasteiger partial charge < -0.3 is 14.8 Å². The molecule has 5 aromatic rings. The summed E-state index contributed by atoms with van der Waals surface area (Å²) in [6.07, 6.45) is 9.29. The van der Waals surface area contributed by atoms with Crippen molar-refractivity contribution in [1.82, 2.24) is 29.5 Å². The molecule has 0 unspecified atom stereocenters. The Balaban J connectivity index is 1.18. The number of nitrogens with zero attached hydrogens (tertiary/aromatic N) is 6. The van der Waals surface area contributed by atoms with Crippen molar-refractivity contribution < 1.29 is 14.3 Å². The number of hydrogen-bond donors (Lipinski definition) is 1. The van der Waals surface area contributed by atoms with E-state index < -0.39 is 0 Å². The molecule has 10 nitrogen and oxygen atoms in total. The van der Waals surface area contributed by atoms with E-state index >= 15 is 0 Å². The van der Waals surface area contributed by atoms with E-state index in [1.54, 1.807) is 32.0 Å². The zero-order chi connectivity index (χ0) is 26.8. The van der Waals surface area contributed by atoms with Gasteiger partial charge in [0.2, 0.25) is 0 Å². The standard InChI is InChI=1S/C28H27N7O3S/c1-37-21-8-6-18(7-9-21)14-34-15-19(13-30-34)28-32-25(17-39-28)27(36)31-24-16-35(20-11-22(12-20)38-2)33-26(24)23-5-3-4-10-29-23/h3-10,13,15-17,20,22H,11-12,14H2,1-2H3,(H,31,36). The average Bonchev–Trinajstić information content (AvgIpc) is 3.69. The first-order chi connectivity index (χ1) is 19.1. The molecule has 198 valence electrons. The number of anilines is 1. The van der Waals surface area contributed by atoms with E-state index in [2.05, 4.69) is 20.4 Å². The van der Waals surface area contributed by atoms with Gasteiger partial charge in [-0.3, -0.25) is 19.1 Å². The molecule has 0 bridgehead atoms.